The number of rotatable bonds is 5. The molecule has 2 aliphatic rings. The summed E-state index contributed by atoms with van der Waals surface area (Å²) < 4.78 is 23.5. The average molecular weight is 529 g/mol. The molecule has 6 rings (SSSR count). The maximum absolute atomic E-state index is 14.1. The van der Waals surface area contributed by atoms with E-state index in [2.05, 4.69) is 21.8 Å². The Hall–Kier alpha value is -3.91. The second-order valence-corrected chi connectivity index (χ2v) is 10.9. The topological polar surface area (TPSA) is 72.5 Å². The summed E-state index contributed by atoms with van der Waals surface area (Å²) in [5.41, 5.74) is 6.37. The molecule has 0 unspecified atom stereocenters. The second kappa shape index (κ2) is 9.38. The van der Waals surface area contributed by atoms with Gasteiger partial charge >= 0.3 is 0 Å². The Morgan fingerprint density at radius 3 is 2.54 bits per heavy atom. The zero-order chi connectivity index (χ0) is 27.5. The summed E-state index contributed by atoms with van der Waals surface area (Å²) >= 11 is 0. The molecule has 2 aromatic heterocycles. The highest BCUT2D eigenvalue weighted by Crippen LogP contribution is 2.45. The monoisotopic (exact) mass is 528 g/mol. The van der Waals surface area contributed by atoms with Crippen LogP contribution in [0.5, 0.6) is 5.75 Å². The van der Waals surface area contributed by atoms with Gasteiger partial charge in [-0.1, -0.05) is 12.1 Å². The summed E-state index contributed by atoms with van der Waals surface area (Å²) in [6.45, 7) is 4.94. The van der Waals surface area contributed by atoms with Gasteiger partial charge in [-0.05, 0) is 80.6 Å². The highest BCUT2D eigenvalue weighted by Gasteiger charge is 2.44. The third kappa shape index (κ3) is 4.05. The number of benzene rings is 2. The number of methoxy groups -OCH3 is 1. The maximum Gasteiger partial charge on any atom is 0.271 e. The van der Waals surface area contributed by atoms with E-state index in [0.717, 1.165) is 64.2 Å². The molecule has 0 aliphatic carbocycles. The van der Waals surface area contributed by atoms with Crippen LogP contribution in [0.1, 0.15) is 42.7 Å². The number of amides is 1. The first-order valence-electron chi connectivity index (χ1n) is 13.4. The third-order valence-corrected chi connectivity index (χ3v) is 8.57. The molecular weight excluding hydrogens is 495 g/mol. The molecule has 1 fully saturated rings. The highest BCUT2D eigenvalue weighted by molar-refractivity contribution is 5.99. The van der Waals surface area contributed by atoms with Crippen molar-refractivity contribution in [3.8, 4) is 39.4 Å². The predicted molar refractivity (Wildman–Crippen MR) is 148 cm³/mol. The summed E-state index contributed by atoms with van der Waals surface area (Å²) in [7, 11) is 3.54. The van der Waals surface area contributed by atoms with Gasteiger partial charge in [0.15, 0.2) is 0 Å². The summed E-state index contributed by atoms with van der Waals surface area (Å²) in [5, 5.41) is 15.2. The van der Waals surface area contributed by atoms with Crippen molar-refractivity contribution < 1.29 is 19.0 Å². The SMILES string of the molecule is COc1cc2c(cc1-c1ccn(C)n1)-c1c(-c3ccc(F)cc3)cc(C(=O)N3CCC[C@]3(C)[C@H](C)O)n1CC2. The van der Waals surface area contributed by atoms with Crippen molar-refractivity contribution in [2.24, 2.45) is 7.05 Å². The van der Waals surface area contributed by atoms with Gasteiger partial charge in [0.05, 0.1) is 30.1 Å². The first kappa shape index (κ1) is 25.4. The van der Waals surface area contributed by atoms with Crippen molar-refractivity contribution in [1.29, 1.82) is 0 Å². The molecule has 0 bridgehead atoms. The second-order valence-electron chi connectivity index (χ2n) is 10.9. The molecule has 1 saturated heterocycles. The molecule has 1 amide bonds. The molecule has 2 aliphatic heterocycles. The molecule has 7 nitrogen and oxygen atoms in total. The number of hydrogen-bond acceptors (Lipinski definition) is 4. The fourth-order valence-electron chi connectivity index (χ4n) is 6.20. The molecule has 8 heteroatoms. The number of aliphatic hydroxyl groups is 1. The Bertz CT molecular complexity index is 1570. The molecule has 0 saturated carbocycles. The zero-order valence-electron chi connectivity index (χ0n) is 22.7. The van der Waals surface area contributed by atoms with Gasteiger partial charge in [0.1, 0.15) is 17.3 Å². The number of aromatic nitrogens is 3. The van der Waals surface area contributed by atoms with Gasteiger partial charge in [-0.3, -0.25) is 9.48 Å². The lowest BCUT2D eigenvalue weighted by atomic mass is 9.91. The molecule has 39 heavy (non-hydrogen) atoms. The minimum Gasteiger partial charge on any atom is -0.496 e. The van der Waals surface area contributed by atoms with E-state index in [1.807, 2.05) is 37.2 Å². The van der Waals surface area contributed by atoms with Crippen LogP contribution < -0.4 is 4.74 Å². The molecular formula is C31H33FN4O3. The third-order valence-electron chi connectivity index (χ3n) is 8.57. The number of hydrogen-bond donors (Lipinski definition) is 1. The summed E-state index contributed by atoms with van der Waals surface area (Å²) in [5.74, 6) is 0.347. The van der Waals surface area contributed by atoms with Gasteiger partial charge in [0.25, 0.3) is 5.91 Å². The van der Waals surface area contributed by atoms with Crippen LogP contribution in [0.15, 0.2) is 54.7 Å². The lowest BCUT2D eigenvalue weighted by Gasteiger charge is -2.38. The van der Waals surface area contributed by atoms with Crippen molar-refractivity contribution in [3.05, 3.63) is 71.8 Å². The van der Waals surface area contributed by atoms with E-state index >= 15 is 0 Å². The minimum absolute atomic E-state index is 0.0903. The van der Waals surface area contributed by atoms with E-state index in [-0.39, 0.29) is 11.7 Å². The number of carbonyl (C=O) groups is 1. The molecule has 4 aromatic rings. The van der Waals surface area contributed by atoms with Crippen LogP contribution in [-0.4, -0.2) is 55.6 Å². The van der Waals surface area contributed by atoms with Gasteiger partial charge in [-0.25, -0.2) is 4.39 Å². The van der Waals surface area contributed by atoms with Crippen molar-refractivity contribution in [2.45, 2.75) is 51.3 Å². The average Bonchev–Trinajstić information content (AvgIpc) is 3.65. The van der Waals surface area contributed by atoms with E-state index in [0.29, 0.717) is 18.8 Å². The van der Waals surface area contributed by atoms with E-state index in [4.69, 9.17) is 4.74 Å². The standard InChI is InChI=1S/C31H33FN4O3/c1-19(37)31(2)12-5-13-36(31)30(38)27-18-24(20-6-8-22(32)9-7-20)29-23-17-25(26-11-14-34(3)33-26)28(39-4)16-21(23)10-15-35(27)29/h6-9,11,14,16-19,37H,5,10,12-13,15H2,1-4H3/t19-,31+/m0/s1. The molecule has 4 heterocycles. The van der Waals surface area contributed by atoms with E-state index in [1.54, 1.807) is 30.8 Å². The number of carbonyl (C=O) groups excluding carboxylic acids is 1. The van der Waals surface area contributed by atoms with Crippen molar-refractivity contribution in [3.63, 3.8) is 0 Å². The Balaban J connectivity index is 1.57. The smallest absolute Gasteiger partial charge is 0.271 e. The Morgan fingerprint density at radius 1 is 1.10 bits per heavy atom. The van der Waals surface area contributed by atoms with Crippen molar-refractivity contribution >= 4 is 5.91 Å². The predicted octanol–water partition coefficient (Wildman–Crippen LogP) is 5.30. The van der Waals surface area contributed by atoms with Crippen molar-refractivity contribution in [1.82, 2.24) is 19.2 Å². The van der Waals surface area contributed by atoms with Gasteiger partial charge < -0.3 is 19.3 Å². The first-order chi connectivity index (χ1) is 18.7. The molecule has 202 valence electrons. The molecule has 1 N–H and O–H groups in total. The fraction of sp³-hybridized carbons (Fsp3) is 0.355. The van der Waals surface area contributed by atoms with Crippen LogP contribution >= 0.6 is 0 Å². The van der Waals surface area contributed by atoms with Gasteiger partial charge in [-0.15, -0.1) is 0 Å². The van der Waals surface area contributed by atoms with Crippen LogP contribution in [-0.2, 0) is 20.0 Å². The quantitative estimate of drug-likeness (QED) is 0.382. The Morgan fingerprint density at radius 2 is 1.87 bits per heavy atom. The summed E-state index contributed by atoms with van der Waals surface area (Å²) in [6.07, 6.45) is 3.58. The van der Waals surface area contributed by atoms with E-state index in [9.17, 15) is 14.3 Å². The normalized spacial score (nSPS) is 19.1. The number of halogens is 1. The fourth-order valence-corrected chi connectivity index (χ4v) is 6.20. The van der Waals surface area contributed by atoms with Gasteiger partial charge in [0, 0.05) is 43.0 Å². The van der Waals surface area contributed by atoms with Crippen molar-refractivity contribution in [2.75, 3.05) is 13.7 Å². The molecule has 2 aromatic carbocycles. The number of ether oxygens (including phenoxy) is 1. The van der Waals surface area contributed by atoms with Crippen LogP contribution in [0, 0.1) is 5.82 Å². The number of likely N-dealkylation sites (tertiary alicyclic amines) is 1. The molecule has 0 spiro atoms. The van der Waals surface area contributed by atoms with Gasteiger partial charge in [0.2, 0.25) is 0 Å². The highest BCUT2D eigenvalue weighted by atomic mass is 19.1. The minimum atomic E-state index is -0.648. The Kier molecular flexibility index (Phi) is 6.10. The van der Waals surface area contributed by atoms with Crippen LogP contribution in [0.4, 0.5) is 4.39 Å². The van der Waals surface area contributed by atoms with Crippen LogP contribution in [0.25, 0.3) is 33.6 Å². The maximum atomic E-state index is 14.1. The van der Waals surface area contributed by atoms with Gasteiger partial charge in [-0.2, -0.15) is 5.10 Å². The zero-order valence-corrected chi connectivity index (χ0v) is 22.7. The Labute approximate surface area is 227 Å². The number of aryl methyl sites for hydroxylation is 2. The van der Waals surface area contributed by atoms with Crippen LogP contribution in [0.2, 0.25) is 0 Å². The number of fused-ring (bicyclic) bond motifs is 3. The number of aliphatic hydroxyl groups excluding tert-OH is 1. The summed E-state index contributed by atoms with van der Waals surface area (Å²) in [4.78, 5) is 16.0. The van der Waals surface area contributed by atoms with E-state index in [1.165, 1.54) is 12.1 Å². The molecule has 0 radical (unpaired) electrons. The largest absolute Gasteiger partial charge is 0.496 e. The van der Waals surface area contributed by atoms with Crippen LogP contribution in [0.3, 0.4) is 0 Å². The molecule has 2 atom stereocenters. The lowest BCUT2D eigenvalue weighted by Crippen LogP contribution is -2.52. The summed E-state index contributed by atoms with van der Waals surface area (Å²) in [6, 6.07) is 14.5. The first-order valence-corrected chi connectivity index (χ1v) is 13.4. The number of nitrogens with zero attached hydrogens (tertiary/aromatic N) is 4. The van der Waals surface area contributed by atoms with E-state index < -0.39 is 11.6 Å². The lowest BCUT2D eigenvalue weighted by molar-refractivity contribution is 0.0145.